The van der Waals surface area contributed by atoms with Gasteiger partial charge in [0.15, 0.2) is 0 Å². The number of rotatable bonds is 7. The van der Waals surface area contributed by atoms with E-state index in [1.807, 2.05) is 30.2 Å². The molecule has 5 heteroatoms. The predicted octanol–water partition coefficient (Wildman–Crippen LogP) is 3.42. The smallest absolute Gasteiger partial charge is 0.0766 e. The highest BCUT2D eigenvalue weighted by Crippen LogP contribution is 2.26. The summed E-state index contributed by atoms with van der Waals surface area (Å²) in [6, 6.07) is 4.38. The summed E-state index contributed by atoms with van der Waals surface area (Å²) in [6.45, 7) is 5.31. The molecule has 2 aromatic heterocycles. The molecular weight excluding hydrogens is 328 g/mol. The molecule has 21 heavy (non-hydrogen) atoms. The molecule has 0 fully saturated rings. The molecule has 0 aliphatic rings. The van der Waals surface area contributed by atoms with Gasteiger partial charge in [0.1, 0.15) is 0 Å². The number of aryl methyl sites for hydroxylation is 2. The molecule has 0 aliphatic heterocycles. The minimum atomic E-state index is 0.259. The van der Waals surface area contributed by atoms with Crippen LogP contribution in [0.1, 0.15) is 43.3 Å². The van der Waals surface area contributed by atoms with E-state index < -0.39 is 0 Å². The van der Waals surface area contributed by atoms with Crippen LogP contribution in [-0.2, 0) is 19.9 Å². The van der Waals surface area contributed by atoms with E-state index >= 15 is 0 Å². The molecule has 0 saturated carbocycles. The minimum Gasteiger partial charge on any atom is -0.310 e. The van der Waals surface area contributed by atoms with Crippen molar-refractivity contribution in [1.82, 2.24) is 20.1 Å². The molecule has 0 radical (unpaired) electrons. The molecule has 4 nitrogen and oxygen atoms in total. The fourth-order valence-corrected chi connectivity index (χ4v) is 3.22. The van der Waals surface area contributed by atoms with E-state index in [2.05, 4.69) is 51.2 Å². The molecule has 2 aromatic rings. The van der Waals surface area contributed by atoms with Crippen LogP contribution in [-0.4, -0.2) is 21.3 Å². The number of hydrogen-bond donors (Lipinski definition) is 1. The van der Waals surface area contributed by atoms with Gasteiger partial charge in [-0.2, -0.15) is 5.10 Å². The molecule has 0 bridgehead atoms. The fraction of sp³-hybridized carbons (Fsp3) is 0.500. The number of nitrogens with one attached hydrogen (secondary N) is 1. The topological polar surface area (TPSA) is 42.7 Å². The zero-order valence-electron chi connectivity index (χ0n) is 12.9. The summed E-state index contributed by atoms with van der Waals surface area (Å²) in [7, 11) is 2.01. The van der Waals surface area contributed by atoms with Crippen molar-refractivity contribution in [3.63, 3.8) is 0 Å². The van der Waals surface area contributed by atoms with Crippen molar-refractivity contribution < 1.29 is 0 Å². The number of pyridine rings is 1. The maximum Gasteiger partial charge on any atom is 0.0766 e. The third-order valence-corrected chi connectivity index (χ3v) is 4.54. The van der Waals surface area contributed by atoms with Crippen LogP contribution < -0.4 is 5.32 Å². The Morgan fingerprint density at radius 3 is 2.76 bits per heavy atom. The van der Waals surface area contributed by atoms with E-state index in [1.54, 1.807) is 0 Å². The lowest BCUT2D eigenvalue weighted by Crippen LogP contribution is -2.25. The minimum absolute atomic E-state index is 0.259. The molecule has 0 aromatic carbocycles. The second-order valence-electron chi connectivity index (χ2n) is 5.18. The third kappa shape index (κ3) is 3.92. The summed E-state index contributed by atoms with van der Waals surface area (Å²) in [5.41, 5.74) is 3.56. The van der Waals surface area contributed by atoms with Gasteiger partial charge in [-0.1, -0.05) is 19.9 Å². The van der Waals surface area contributed by atoms with Crippen LogP contribution in [0, 0.1) is 0 Å². The van der Waals surface area contributed by atoms with E-state index in [0.29, 0.717) is 0 Å². The highest BCUT2D eigenvalue weighted by molar-refractivity contribution is 9.10. The Morgan fingerprint density at radius 1 is 1.38 bits per heavy atom. The van der Waals surface area contributed by atoms with Crippen molar-refractivity contribution in [2.24, 2.45) is 7.05 Å². The van der Waals surface area contributed by atoms with Crippen molar-refractivity contribution in [1.29, 1.82) is 0 Å². The molecule has 114 valence electrons. The SMILES string of the molecule is CCCNC(Cc1c(Br)c(CC)nn1C)c1cccnc1. The van der Waals surface area contributed by atoms with E-state index in [9.17, 15) is 0 Å². The van der Waals surface area contributed by atoms with Crippen LogP contribution in [0.25, 0.3) is 0 Å². The van der Waals surface area contributed by atoms with Crippen LogP contribution >= 0.6 is 15.9 Å². The normalized spacial score (nSPS) is 12.6. The van der Waals surface area contributed by atoms with Crippen molar-refractivity contribution in [2.45, 2.75) is 39.2 Å². The predicted molar refractivity (Wildman–Crippen MR) is 89.3 cm³/mol. The molecule has 0 saturated heterocycles. The zero-order chi connectivity index (χ0) is 15.2. The summed E-state index contributed by atoms with van der Waals surface area (Å²) < 4.78 is 3.12. The molecule has 1 N–H and O–H groups in total. The molecular formula is C16H23BrN4. The van der Waals surface area contributed by atoms with Gasteiger partial charge in [-0.3, -0.25) is 9.67 Å². The molecule has 1 unspecified atom stereocenters. The van der Waals surface area contributed by atoms with E-state index in [1.165, 1.54) is 11.3 Å². The van der Waals surface area contributed by atoms with E-state index in [4.69, 9.17) is 0 Å². The Balaban J connectivity index is 2.25. The van der Waals surface area contributed by atoms with Crippen LogP contribution in [0.4, 0.5) is 0 Å². The fourth-order valence-electron chi connectivity index (χ4n) is 2.44. The summed E-state index contributed by atoms with van der Waals surface area (Å²) in [5, 5.41) is 8.20. The Kier molecular flexibility index (Phi) is 5.94. The maximum absolute atomic E-state index is 4.58. The first-order valence-corrected chi connectivity index (χ1v) is 8.30. The molecule has 1 atom stereocenters. The quantitative estimate of drug-likeness (QED) is 0.831. The van der Waals surface area contributed by atoms with E-state index in [-0.39, 0.29) is 6.04 Å². The van der Waals surface area contributed by atoms with Gasteiger partial charge in [0.25, 0.3) is 0 Å². The lowest BCUT2D eigenvalue weighted by molar-refractivity contribution is 0.510. The van der Waals surface area contributed by atoms with E-state index in [0.717, 1.165) is 36.0 Å². The molecule has 0 amide bonds. The first kappa shape index (κ1) is 16.2. The van der Waals surface area contributed by atoms with Gasteiger partial charge in [-0.25, -0.2) is 0 Å². The lowest BCUT2D eigenvalue weighted by Gasteiger charge is -2.19. The average Bonchev–Trinajstić information content (AvgIpc) is 2.79. The Labute approximate surface area is 135 Å². The summed E-state index contributed by atoms with van der Waals surface area (Å²) in [4.78, 5) is 4.25. The van der Waals surface area contributed by atoms with Crippen molar-refractivity contribution in [2.75, 3.05) is 6.54 Å². The number of halogens is 1. The van der Waals surface area contributed by atoms with Crippen LogP contribution in [0.5, 0.6) is 0 Å². The average molecular weight is 351 g/mol. The van der Waals surface area contributed by atoms with Gasteiger partial charge in [0.05, 0.1) is 15.9 Å². The number of aromatic nitrogens is 3. The summed E-state index contributed by atoms with van der Waals surface area (Å²) in [5.74, 6) is 0. The van der Waals surface area contributed by atoms with Crippen LogP contribution in [0.3, 0.4) is 0 Å². The molecule has 0 aliphatic carbocycles. The molecule has 2 rings (SSSR count). The highest BCUT2D eigenvalue weighted by atomic mass is 79.9. The second kappa shape index (κ2) is 7.71. The van der Waals surface area contributed by atoms with Gasteiger partial charge in [-0.15, -0.1) is 0 Å². The summed E-state index contributed by atoms with van der Waals surface area (Å²) >= 11 is 3.70. The largest absolute Gasteiger partial charge is 0.310 e. The van der Waals surface area contributed by atoms with Gasteiger partial charge in [0.2, 0.25) is 0 Å². The summed E-state index contributed by atoms with van der Waals surface area (Å²) in [6.07, 6.45) is 6.71. The first-order valence-electron chi connectivity index (χ1n) is 7.50. The monoisotopic (exact) mass is 350 g/mol. The number of nitrogens with zero attached hydrogens (tertiary/aromatic N) is 3. The number of hydrogen-bond acceptors (Lipinski definition) is 3. The second-order valence-corrected chi connectivity index (χ2v) is 5.97. The maximum atomic E-state index is 4.58. The molecule has 0 spiro atoms. The highest BCUT2D eigenvalue weighted by Gasteiger charge is 2.18. The van der Waals surface area contributed by atoms with Gasteiger partial charge in [-0.05, 0) is 46.9 Å². The van der Waals surface area contributed by atoms with Crippen LogP contribution in [0.15, 0.2) is 29.0 Å². The third-order valence-electron chi connectivity index (χ3n) is 3.63. The standard InChI is InChI=1S/C16H23BrN4/c1-4-8-19-14(12-7-6-9-18-11-12)10-15-16(17)13(5-2)20-21(15)3/h6-7,9,11,14,19H,4-5,8,10H2,1-3H3. The van der Waals surface area contributed by atoms with Crippen LogP contribution in [0.2, 0.25) is 0 Å². The zero-order valence-corrected chi connectivity index (χ0v) is 14.5. The Morgan fingerprint density at radius 2 is 2.19 bits per heavy atom. The molecule has 2 heterocycles. The Bertz CT molecular complexity index is 565. The van der Waals surface area contributed by atoms with Gasteiger partial charge >= 0.3 is 0 Å². The first-order chi connectivity index (χ1) is 10.2. The Hall–Kier alpha value is -1.20. The van der Waals surface area contributed by atoms with Crippen molar-refractivity contribution >= 4 is 15.9 Å². The van der Waals surface area contributed by atoms with Crippen molar-refractivity contribution in [3.05, 3.63) is 46.0 Å². The van der Waals surface area contributed by atoms with Gasteiger partial charge < -0.3 is 5.32 Å². The van der Waals surface area contributed by atoms with Crippen molar-refractivity contribution in [3.8, 4) is 0 Å². The van der Waals surface area contributed by atoms with Gasteiger partial charge in [0, 0.05) is 31.9 Å². The lowest BCUT2D eigenvalue weighted by atomic mass is 10.0.